The van der Waals surface area contributed by atoms with E-state index >= 15 is 0 Å². The number of amidine groups is 1. The van der Waals surface area contributed by atoms with Gasteiger partial charge in [0.2, 0.25) is 5.91 Å². The Morgan fingerprint density at radius 3 is 2.37 bits per heavy atom. The molecule has 5 rings (SSSR count). The van der Waals surface area contributed by atoms with Crippen molar-refractivity contribution in [3.8, 4) is 11.3 Å². The largest absolute Gasteiger partial charge is 0.416 e. The van der Waals surface area contributed by atoms with Gasteiger partial charge in [0.1, 0.15) is 12.4 Å². The Kier molecular flexibility index (Phi) is 8.38. The first-order valence-corrected chi connectivity index (χ1v) is 13.4. The van der Waals surface area contributed by atoms with Gasteiger partial charge in [0.05, 0.1) is 22.6 Å². The van der Waals surface area contributed by atoms with Gasteiger partial charge < -0.3 is 9.80 Å². The lowest BCUT2D eigenvalue weighted by molar-refractivity contribution is -0.137. The number of para-hydroxylation sites is 1. The van der Waals surface area contributed by atoms with E-state index in [-0.39, 0.29) is 37.4 Å². The maximum absolute atomic E-state index is 14.3. The zero-order chi connectivity index (χ0) is 30.7. The number of rotatable bonds is 8. The number of nitrogens with zero attached hydrogens (tertiary/aromatic N) is 4. The summed E-state index contributed by atoms with van der Waals surface area (Å²) >= 11 is 0. The van der Waals surface area contributed by atoms with Crippen LogP contribution in [-0.2, 0) is 23.9 Å². The van der Waals surface area contributed by atoms with E-state index < -0.39 is 23.4 Å². The maximum atomic E-state index is 14.3. The zero-order valence-electron chi connectivity index (χ0n) is 23.2. The van der Waals surface area contributed by atoms with Crippen LogP contribution in [0.15, 0.2) is 96.6 Å². The minimum absolute atomic E-state index is 0.0532. The number of likely N-dealkylation sites (N-methyl/N-ethyl adjacent to an activating group) is 1. The quantitative estimate of drug-likeness (QED) is 0.200. The van der Waals surface area contributed by atoms with E-state index in [1.54, 1.807) is 30.3 Å². The summed E-state index contributed by atoms with van der Waals surface area (Å²) < 4.78 is 66.7. The number of aromatic nitrogens is 1. The van der Waals surface area contributed by atoms with E-state index in [2.05, 4.69) is 16.6 Å². The second kappa shape index (κ2) is 12.2. The molecule has 0 saturated carbocycles. The van der Waals surface area contributed by atoms with Gasteiger partial charge in [-0.15, -0.1) is 0 Å². The molecule has 1 amide bonds. The fourth-order valence-electron chi connectivity index (χ4n) is 4.86. The fraction of sp³-hybridized carbons (Fsp3) is 0.182. The molecule has 0 spiro atoms. The standard InChI is InChI=1S/C33H27F5N4O/c1-21-26-7-3-4-9-29(26)42(30(40-21)17-13-24-6-5-8-27(34)32(24)35)20-31(43)41(2)19-22-10-16-28(39-18-22)23-11-14-25(15-12-23)33(36,37)38/h3-12,14-16,18H,1,13,17,19-20H2,2H3. The number of pyridine rings is 1. The van der Waals surface area contributed by atoms with Crippen molar-refractivity contribution in [2.24, 2.45) is 4.99 Å². The molecule has 0 aliphatic carbocycles. The number of aliphatic imine (C=N–C) groups is 1. The molecule has 1 aliphatic heterocycles. The summed E-state index contributed by atoms with van der Waals surface area (Å²) in [6, 6.07) is 19.7. The zero-order valence-corrected chi connectivity index (χ0v) is 23.2. The van der Waals surface area contributed by atoms with Crippen LogP contribution in [0, 0.1) is 11.6 Å². The molecule has 10 heteroatoms. The number of aryl methyl sites for hydroxylation is 1. The third-order valence-electron chi connectivity index (χ3n) is 7.20. The van der Waals surface area contributed by atoms with Crippen LogP contribution in [0.1, 0.15) is 28.7 Å². The molecule has 5 nitrogen and oxygen atoms in total. The third kappa shape index (κ3) is 6.63. The van der Waals surface area contributed by atoms with Crippen molar-refractivity contribution in [2.45, 2.75) is 25.6 Å². The normalized spacial score (nSPS) is 13.0. The summed E-state index contributed by atoms with van der Waals surface area (Å²) in [5, 5.41) is 0. The Morgan fingerprint density at radius 2 is 1.67 bits per heavy atom. The monoisotopic (exact) mass is 590 g/mol. The van der Waals surface area contributed by atoms with E-state index in [0.29, 0.717) is 22.8 Å². The Morgan fingerprint density at radius 1 is 0.930 bits per heavy atom. The van der Waals surface area contributed by atoms with Crippen LogP contribution in [-0.4, -0.2) is 35.2 Å². The predicted octanol–water partition coefficient (Wildman–Crippen LogP) is 7.53. The molecule has 4 aromatic rings. The van der Waals surface area contributed by atoms with Crippen LogP contribution >= 0.6 is 0 Å². The van der Waals surface area contributed by atoms with Crippen molar-refractivity contribution in [3.63, 3.8) is 0 Å². The Hall–Kier alpha value is -4.86. The number of fused-ring (bicyclic) bond motifs is 1. The maximum Gasteiger partial charge on any atom is 0.416 e. The second-order valence-corrected chi connectivity index (χ2v) is 10.2. The summed E-state index contributed by atoms with van der Waals surface area (Å²) in [6.07, 6.45) is -2.41. The number of hydrogen-bond donors (Lipinski definition) is 0. The molecule has 0 unspecified atom stereocenters. The number of carbonyl (C=O) groups is 1. The molecular weight excluding hydrogens is 563 g/mol. The molecule has 3 aromatic carbocycles. The summed E-state index contributed by atoms with van der Waals surface area (Å²) in [5.74, 6) is -1.54. The Balaban J connectivity index is 1.29. The van der Waals surface area contributed by atoms with Gasteiger partial charge in [-0.3, -0.25) is 9.78 Å². The molecule has 0 fully saturated rings. The van der Waals surface area contributed by atoms with Crippen molar-refractivity contribution in [3.05, 3.63) is 126 Å². The highest BCUT2D eigenvalue weighted by Gasteiger charge is 2.30. The molecule has 0 N–H and O–H groups in total. The van der Waals surface area contributed by atoms with Crippen LogP contribution in [0.2, 0.25) is 0 Å². The number of hydrogen-bond acceptors (Lipinski definition) is 4. The SMILES string of the molecule is C=C1N=C(CCc2cccc(F)c2F)N(CC(=O)N(C)Cc2ccc(-c3ccc(C(F)(F)F)cc3)nc2)c2ccccc21. The van der Waals surface area contributed by atoms with Crippen molar-refractivity contribution >= 4 is 23.1 Å². The molecule has 0 radical (unpaired) electrons. The van der Waals surface area contributed by atoms with Crippen molar-refractivity contribution < 1.29 is 26.7 Å². The van der Waals surface area contributed by atoms with Gasteiger partial charge in [0.15, 0.2) is 11.6 Å². The van der Waals surface area contributed by atoms with E-state index in [1.165, 1.54) is 29.2 Å². The van der Waals surface area contributed by atoms with Crippen LogP contribution in [0.25, 0.3) is 17.0 Å². The van der Waals surface area contributed by atoms with Crippen LogP contribution in [0.3, 0.4) is 0 Å². The van der Waals surface area contributed by atoms with E-state index in [0.717, 1.165) is 35.0 Å². The molecular formula is C33H27F5N4O. The number of carbonyl (C=O) groups excluding carboxylic acids is 1. The molecule has 43 heavy (non-hydrogen) atoms. The number of anilines is 1. The highest BCUT2D eigenvalue weighted by molar-refractivity contribution is 6.08. The highest BCUT2D eigenvalue weighted by atomic mass is 19.4. The van der Waals surface area contributed by atoms with Crippen LogP contribution < -0.4 is 4.90 Å². The molecule has 0 bridgehead atoms. The Bertz CT molecular complexity index is 1680. The molecule has 220 valence electrons. The van der Waals surface area contributed by atoms with Crippen molar-refractivity contribution in [1.82, 2.24) is 9.88 Å². The first-order chi connectivity index (χ1) is 20.5. The molecule has 2 heterocycles. The van der Waals surface area contributed by atoms with Crippen molar-refractivity contribution in [2.75, 3.05) is 18.5 Å². The number of halogens is 5. The van der Waals surface area contributed by atoms with E-state index in [9.17, 15) is 26.7 Å². The highest BCUT2D eigenvalue weighted by Crippen LogP contribution is 2.33. The summed E-state index contributed by atoms with van der Waals surface area (Å²) in [6.45, 7) is 4.23. The lowest BCUT2D eigenvalue weighted by Gasteiger charge is -2.33. The van der Waals surface area contributed by atoms with Gasteiger partial charge in [-0.1, -0.05) is 55.1 Å². The first kappa shape index (κ1) is 29.6. The van der Waals surface area contributed by atoms with Gasteiger partial charge in [0.25, 0.3) is 0 Å². The summed E-state index contributed by atoms with van der Waals surface area (Å²) in [4.78, 5) is 25.7. The molecule has 0 saturated heterocycles. The van der Waals surface area contributed by atoms with E-state index in [1.807, 2.05) is 24.3 Å². The fourth-order valence-corrected chi connectivity index (χ4v) is 4.86. The van der Waals surface area contributed by atoms with Crippen LogP contribution in [0.4, 0.5) is 27.6 Å². The Labute approximate surface area is 245 Å². The third-order valence-corrected chi connectivity index (χ3v) is 7.20. The van der Waals surface area contributed by atoms with E-state index in [4.69, 9.17) is 0 Å². The minimum atomic E-state index is -4.41. The smallest absolute Gasteiger partial charge is 0.340 e. The van der Waals surface area contributed by atoms with Gasteiger partial charge in [-0.05, 0) is 47.9 Å². The molecule has 1 aromatic heterocycles. The summed E-state index contributed by atoms with van der Waals surface area (Å²) in [7, 11) is 1.65. The summed E-state index contributed by atoms with van der Waals surface area (Å²) in [5.41, 5.74) is 3.27. The molecule has 0 atom stereocenters. The van der Waals surface area contributed by atoms with Crippen molar-refractivity contribution in [1.29, 1.82) is 0 Å². The lowest BCUT2D eigenvalue weighted by atomic mass is 10.0. The predicted molar refractivity (Wildman–Crippen MR) is 156 cm³/mol. The van der Waals surface area contributed by atoms with Crippen LogP contribution in [0.5, 0.6) is 0 Å². The topological polar surface area (TPSA) is 48.8 Å². The van der Waals surface area contributed by atoms with Gasteiger partial charge in [-0.25, -0.2) is 13.8 Å². The molecule has 1 aliphatic rings. The second-order valence-electron chi connectivity index (χ2n) is 10.2. The lowest BCUT2D eigenvalue weighted by Crippen LogP contribution is -2.43. The number of alkyl halides is 3. The number of benzene rings is 3. The average Bonchev–Trinajstić information content (AvgIpc) is 2.99. The van der Waals surface area contributed by atoms with Gasteiger partial charge >= 0.3 is 6.18 Å². The number of amides is 1. The van der Waals surface area contributed by atoms with Gasteiger partial charge in [-0.2, -0.15) is 13.2 Å². The minimum Gasteiger partial charge on any atom is -0.340 e. The average molecular weight is 591 g/mol. The first-order valence-electron chi connectivity index (χ1n) is 13.4. The van der Waals surface area contributed by atoms with Gasteiger partial charge in [0, 0.05) is 37.3 Å².